The van der Waals surface area contributed by atoms with Gasteiger partial charge in [0.25, 0.3) is 5.88 Å². The minimum Gasteiger partial charge on any atom is -0.484 e. The summed E-state index contributed by atoms with van der Waals surface area (Å²) in [6.45, 7) is 5.39. The molecular weight excluding hydrogens is 400 g/mol. The van der Waals surface area contributed by atoms with Gasteiger partial charge >= 0.3 is 0 Å². The lowest BCUT2D eigenvalue weighted by atomic mass is 10.0. The van der Waals surface area contributed by atoms with Crippen LogP contribution < -0.4 is 14.8 Å². The molecule has 0 saturated carbocycles. The number of hydrogen-bond acceptors (Lipinski definition) is 7. The number of fused-ring (bicyclic) bond motifs is 1. The molecule has 1 aliphatic rings. The highest BCUT2D eigenvalue weighted by atomic mass is 32.1. The van der Waals surface area contributed by atoms with Crippen LogP contribution in [0.5, 0.6) is 11.6 Å². The lowest BCUT2D eigenvalue weighted by Crippen LogP contribution is -2.19. The van der Waals surface area contributed by atoms with Crippen LogP contribution in [0.4, 0.5) is 5.82 Å². The Kier molecular flexibility index (Phi) is 6.89. The van der Waals surface area contributed by atoms with Crippen LogP contribution in [0.15, 0.2) is 48.9 Å². The molecule has 156 valence electrons. The molecule has 0 aliphatic carbocycles. The van der Waals surface area contributed by atoms with Gasteiger partial charge in [0, 0.05) is 41.4 Å². The van der Waals surface area contributed by atoms with E-state index in [0.29, 0.717) is 31.2 Å². The Labute approximate surface area is 182 Å². The van der Waals surface area contributed by atoms with Crippen molar-refractivity contribution in [3.8, 4) is 22.9 Å². The number of carbonyl (C=O) groups excluding carboxylic acids is 1. The van der Waals surface area contributed by atoms with Gasteiger partial charge in [0.05, 0.1) is 5.69 Å². The highest BCUT2D eigenvalue weighted by Gasteiger charge is 2.20. The predicted octanol–water partition coefficient (Wildman–Crippen LogP) is 3.84. The summed E-state index contributed by atoms with van der Waals surface area (Å²) in [6, 6.07) is 11.3. The number of pyridine rings is 1. The fourth-order valence-corrected chi connectivity index (χ4v) is 3.22. The van der Waals surface area contributed by atoms with Gasteiger partial charge in [-0.15, -0.1) is 0 Å². The van der Waals surface area contributed by atoms with Crippen molar-refractivity contribution in [3.05, 3.63) is 60.0 Å². The number of rotatable bonds is 6. The molecule has 1 aliphatic heterocycles. The second-order valence-corrected chi connectivity index (χ2v) is 6.94. The van der Waals surface area contributed by atoms with E-state index in [1.807, 2.05) is 36.4 Å². The van der Waals surface area contributed by atoms with Gasteiger partial charge in [-0.2, -0.15) is 13.5 Å². The fraction of sp³-hybridized carbons (Fsp3) is 0.273. The third kappa shape index (κ3) is 4.71. The molecule has 0 amide bonds. The van der Waals surface area contributed by atoms with Gasteiger partial charge in [-0.3, -0.25) is 4.79 Å². The number of benzene rings is 1. The van der Waals surface area contributed by atoms with E-state index in [1.54, 1.807) is 13.1 Å². The van der Waals surface area contributed by atoms with Crippen LogP contribution in [-0.2, 0) is 0 Å². The maximum absolute atomic E-state index is 11.4. The van der Waals surface area contributed by atoms with Crippen molar-refractivity contribution in [3.63, 3.8) is 0 Å². The van der Waals surface area contributed by atoms with Gasteiger partial charge in [-0.1, -0.05) is 31.2 Å². The highest BCUT2D eigenvalue weighted by molar-refractivity contribution is 7.59. The van der Waals surface area contributed by atoms with E-state index in [4.69, 9.17) is 9.47 Å². The van der Waals surface area contributed by atoms with Crippen LogP contribution >= 0.6 is 13.5 Å². The van der Waals surface area contributed by atoms with Crippen molar-refractivity contribution in [1.29, 1.82) is 0 Å². The molecule has 7 nitrogen and oxygen atoms in total. The number of carbonyl (C=O) groups is 1. The summed E-state index contributed by atoms with van der Waals surface area (Å²) in [4.78, 5) is 24.3. The Morgan fingerprint density at radius 1 is 1.10 bits per heavy atom. The minimum atomic E-state index is 0. The third-order valence-corrected chi connectivity index (χ3v) is 4.85. The fourth-order valence-electron chi connectivity index (χ4n) is 3.22. The summed E-state index contributed by atoms with van der Waals surface area (Å²) < 4.78 is 11.3. The lowest BCUT2D eigenvalue weighted by molar-refractivity contribution is 0.101. The van der Waals surface area contributed by atoms with Crippen LogP contribution in [0.3, 0.4) is 0 Å². The van der Waals surface area contributed by atoms with Crippen molar-refractivity contribution in [1.82, 2.24) is 15.0 Å². The molecule has 0 fully saturated rings. The Balaban J connectivity index is 0.00000256. The van der Waals surface area contributed by atoms with Gasteiger partial charge in [-0.25, -0.2) is 15.0 Å². The second kappa shape index (κ2) is 9.58. The quantitative estimate of drug-likeness (QED) is 0.602. The molecule has 0 bridgehead atoms. The monoisotopic (exact) mass is 424 g/mol. The number of nitrogens with one attached hydrogen (secondary N) is 1. The maximum atomic E-state index is 11.4. The number of Topliss-reactive ketones (excluding diaryl/α,β-unsaturated/α-hetero) is 1. The zero-order chi connectivity index (χ0) is 20.2. The van der Waals surface area contributed by atoms with E-state index in [-0.39, 0.29) is 25.2 Å². The lowest BCUT2D eigenvalue weighted by Gasteiger charge is -2.22. The first-order valence-corrected chi connectivity index (χ1v) is 9.53. The maximum Gasteiger partial charge on any atom is 0.257 e. The zero-order valence-electron chi connectivity index (χ0n) is 16.9. The standard InChI is InChI=1S/C22H22N4O3.H2S/c1-14(18-7-8-23-22-21(18)28-9-10-29-22)12-24-20-11-19(25-13-26-20)17-5-3-16(4-6-17)15(2)27;/h3-8,11,13-14H,9-10,12H2,1-2H3,(H,24,25,26);1H2/t14-;/m1./s1. The zero-order valence-corrected chi connectivity index (χ0v) is 17.9. The molecule has 1 atom stereocenters. The second-order valence-electron chi connectivity index (χ2n) is 6.94. The molecule has 30 heavy (non-hydrogen) atoms. The summed E-state index contributed by atoms with van der Waals surface area (Å²) in [5.41, 5.74) is 3.46. The van der Waals surface area contributed by atoms with Gasteiger partial charge in [0.15, 0.2) is 11.5 Å². The Hall–Kier alpha value is -3.13. The SMILES string of the molecule is CC(=O)c1ccc(-c2cc(NC[C@@H](C)c3ccnc4c3OCCO4)ncn2)cc1.S. The number of nitrogens with zero attached hydrogens (tertiary/aromatic N) is 3. The van der Waals surface area contributed by atoms with E-state index in [1.165, 1.54) is 6.33 Å². The summed E-state index contributed by atoms with van der Waals surface area (Å²) in [7, 11) is 0. The van der Waals surface area contributed by atoms with Crippen LogP contribution in [0.1, 0.15) is 35.7 Å². The van der Waals surface area contributed by atoms with Crippen molar-refractivity contribution >= 4 is 25.1 Å². The van der Waals surface area contributed by atoms with Crippen LogP contribution in [0.25, 0.3) is 11.3 Å². The number of hydrogen-bond donors (Lipinski definition) is 1. The van der Waals surface area contributed by atoms with E-state index < -0.39 is 0 Å². The number of aromatic nitrogens is 3. The molecule has 0 spiro atoms. The largest absolute Gasteiger partial charge is 0.484 e. The first-order valence-electron chi connectivity index (χ1n) is 9.53. The Bertz CT molecular complexity index is 1030. The van der Waals surface area contributed by atoms with E-state index in [2.05, 4.69) is 27.2 Å². The molecule has 8 heteroatoms. The van der Waals surface area contributed by atoms with Crippen LogP contribution in [0.2, 0.25) is 0 Å². The summed E-state index contributed by atoms with van der Waals surface area (Å²) >= 11 is 0. The minimum absolute atomic E-state index is 0. The van der Waals surface area contributed by atoms with Crippen molar-refractivity contribution in [2.45, 2.75) is 19.8 Å². The molecule has 0 unspecified atom stereocenters. The highest BCUT2D eigenvalue weighted by Crippen LogP contribution is 2.35. The predicted molar refractivity (Wildman–Crippen MR) is 120 cm³/mol. The topological polar surface area (TPSA) is 86.2 Å². The number of anilines is 1. The molecule has 3 heterocycles. The third-order valence-electron chi connectivity index (χ3n) is 4.85. The first kappa shape index (κ1) is 21.6. The van der Waals surface area contributed by atoms with Crippen LogP contribution in [0, 0.1) is 0 Å². The van der Waals surface area contributed by atoms with Crippen molar-refractivity contribution in [2.75, 3.05) is 25.1 Å². The molecular formula is C22H24N4O3S. The van der Waals surface area contributed by atoms with E-state index in [9.17, 15) is 4.79 Å². The van der Waals surface area contributed by atoms with Gasteiger partial charge < -0.3 is 14.8 Å². The van der Waals surface area contributed by atoms with E-state index >= 15 is 0 Å². The van der Waals surface area contributed by atoms with Crippen LogP contribution in [-0.4, -0.2) is 40.5 Å². The summed E-state index contributed by atoms with van der Waals surface area (Å²) in [6.07, 6.45) is 3.28. The summed E-state index contributed by atoms with van der Waals surface area (Å²) in [5, 5.41) is 3.37. The molecule has 0 saturated heterocycles. The average Bonchev–Trinajstić information content (AvgIpc) is 2.77. The smallest absolute Gasteiger partial charge is 0.257 e. The molecule has 4 rings (SSSR count). The van der Waals surface area contributed by atoms with Gasteiger partial charge in [0.1, 0.15) is 25.4 Å². The molecule has 1 N–H and O–H groups in total. The first-order chi connectivity index (χ1) is 14.1. The van der Waals surface area contributed by atoms with Gasteiger partial charge in [0.2, 0.25) is 0 Å². The van der Waals surface area contributed by atoms with Crippen molar-refractivity contribution < 1.29 is 14.3 Å². The van der Waals surface area contributed by atoms with Crippen molar-refractivity contribution in [2.24, 2.45) is 0 Å². The molecule has 2 aromatic heterocycles. The normalized spacial score (nSPS) is 13.1. The Morgan fingerprint density at radius 2 is 1.87 bits per heavy atom. The summed E-state index contributed by atoms with van der Waals surface area (Å²) in [5.74, 6) is 2.23. The van der Waals surface area contributed by atoms with Gasteiger partial charge in [-0.05, 0) is 13.0 Å². The van der Waals surface area contributed by atoms with E-state index in [0.717, 1.165) is 28.4 Å². The Morgan fingerprint density at radius 3 is 2.63 bits per heavy atom. The number of ketones is 1. The average molecular weight is 425 g/mol. The number of ether oxygens (including phenoxy) is 2. The molecule has 0 radical (unpaired) electrons. The molecule has 3 aromatic rings. The molecule has 1 aromatic carbocycles.